The number of hydrogen-bond acceptors (Lipinski definition) is 7. The van der Waals surface area contributed by atoms with Gasteiger partial charge in [0.25, 0.3) is 5.91 Å². The summed E-state index contributed by atoms with van der Waals surface area (Å²) in [6.45, 7) is 0. The fraction of sp³-hybridized carbons (Fsp3) is 0.200. The quantitative estimate of drug-likeness (QED) is 0.529. The van der Waals surface area contributed by atoms with Gasteiger partial charge in [-0.05, 0) is 35.9 Å². The highest BCUT2D eigenvalue weighted by atomic mass is 32.2. The standard InChI is InChI=1S/C25H24N4O4S/c1-32-21-9-8-19(15-22(21)33-2)20-16-34-25(31)29(28-20)23(14-17-6-4-3-5-7-17)27-24(30)18-10-12-26-13-11-18/h3-13,15,23H,14,16H2,1-2H3,(H,27,30). The van der Waals surface area contributed by atoms with E-state index in [-0.39, 0.29) is 11.1 Å². The Balaban J connectivity index is 1.67. The molecule has 2 aromatic carbocycles. The van der Waals surface area contributed by atoms with Gasteiger partial charge in [0.15, 0.2) is 11.5 Å². The van der Waals surface area contributed by atoms with E-state index >= 15 is 0 Å². The van der Waals surface area contributed by atoms with Gasteiger partial charge in [0.05, 0.1) is 19.9 Å². The molecule has 0 saturated carbocycles. The highest BCUT2D eigenvalue weighted by molar-refractivity contribution is 8.14. The summed E-state index contributed by atoms with van der Waals surface area (Å²) >= 11 is 1.14. The molecule has 2 amide bonds. The number of aromatic nitrogens is 1. The van der Waals surface area contributed by atoms with Gasteiger partial charge in [-0.15, -0.1) is 0 Å². The van der Waals surface area contributed by atoms with Crippen LogP contribution in [0.15, 0.2) is 78.2 Å². The Morgan fingerprint density at radius 3 is 2.50 bits per heavy atom. The van der Waals surface area contributed by atoms with E-state index in [9.17, 15) is 9.59 Å². The van der Waals surface area contributed by atoms with E-state index in [0.29, 0.717) is 34.9 Å². The topological polar surface area (TPSA) is 93.1 Å². The number of nitrogens with one attached hydrogen (secondary N) is 1. The minimum Gasteiger partial charge on any atom is -0.493 e. The molecule has 0 radical (unpaired) electrons. The van der Waals surface area contributed by atoms with Gasteiger partial charge in [-0.3, -0.25) is 14.6 Å². The lowest BCUT2D eigenvalue weighted by molar-refractivity contribution is 0.0888. The smallest absolute Gasteiger partial charge is 0.304 e. The third-order valence-electron chi connectivity index (χ3n) is 5.27. The molecule has 1 atom stereocenters. The third kappa shape index (κ3) is 5.37. The summed E-state index contributed by atoms with van der Waals surface area (Å²) in [5.74, 6) is 1.27. The number of hydrazone groups is 1. The van der Waals surface area contributed by atoms with Crippen molar-refractivity contribution in [1.82, 2.24) is 15.3 Å². The van der Waals surface area contributed by atoms with Gasteiger partial charge in [0, 0.05) is 35.7 Å². The largest absolute Gasteiger partial charge is 0.493 e. The van der Waals surface area contributed by atoms with Gasteiger partial charge in [-0.2, -0.15) is 5.10 Å². The molecule has 0 saturated heterocycles. The summed E-state index contributed by atoms with van der Waals surface area (Å²) in [6.07, 6.45) is 2.82. The predicted molar refractivity (Wildman–Crippen MR) is 131 cm³/mol. The molecule has 1 aromatic heterocycles. The number of ether oxygens (including phenoxy) is 2. The molecule has 1 N–H and O–H groups in total. The Bertz CT molecular complexity index is 1190. The van der Waals surface area contributed by atoms with Crippen LogP contribution in [-0.4, -0.2) is 53.0 Å². The van der Waals surface area contributed by atoms with E-state index in [1.54, 1.807) is 44.8 Å². The Labute approximate surface area is 202 Å². The van der Waals surface area contributed by atoms with E-state index in [4.69, 9.17) is 9.47 Å². The van der Waals surface area contributed by atoms with E-state index in [1.165, 1.54) is 5.01 Å². The summed E-state index contributed by atoms with van der Waals surface area (Å²) in [7, 11) is 3.14. The SMILES string of the molecule is COc1ccc(C2=NN(C(Cc3ccccc3)NC(=O)c3ccncc3)C(=O)SC2)cc1OC. The molecule has 4 rings (SSSR count). The van der Waals surface area contributed by atoms with Crippen molar-refractivity contribution in [2.24, 2.45) is 5.10 Å². The molecular weight excluding hydrogens is 452 g/mol. The molecule has 34 heavy (non-hydrogen) atoms. The van der Waals surface area contributed by atoms with Crippen LogP contribution in [-0.2, 0) is 6.42 Å². The second-order valence-corrected chi connectivity index (χ2v) is 8.36. The number of thioether (sulfide) groups is 1. The van der Waals surface area contributed by atoms with Crippen LogP contribution in [0.4, 0.5) is 4.79 Å². The van der Waals surface area contributed by atoms with Crippen LogP contribution in [0.25, 0.3) is 0 Å². The van der Waals surface area contributed by atoms with E-state index < -0.39 is 6.17 Å². The summed E-state index contributed by atoms with van der Waals surface area (Å²) in [5, 5.41) is 8.75. The fourth-order valence-corrected chi connectivity index (χ4v) is 4.31. The zero-order valence-electron chi connectivity index (χ0n) is 18.8. The number of benzene rings is 2. The van der Waals surface area contributed by atoms with Crippen molar-refractivity contribution >= 4 is 28.6 Å². The molecule has 2 heterocycles. The first-order chi connectivity index (χ1) is 16.6. The molecule has 0 fully saturated rings. The first-order valence-electron chi connectivity index (χ1n) is 10.6. The molecule has 0 aliphatic carbocycles. The first-order valence-corrected chi connectivity index (χ1v) is 11.6. The third-order valence-corrected chi connectivity index (χ3v) is 6.12. The molecule has 8 nitrogen and oxygen atoms in total. The predicted octanol–water partition coefficient (Wildman–Crippen LogP) is 3.97. The molecule has 3 aromatic rings. The van der Waals surface area contributed by atoms with Gasteiger partial charge < -0.3 is 14.8 Å². The van der Waals surface area contributed by atoms with Crippen molar-refractivity contribution in [3.05, 3.63) is 89.7 Å². The minimum absolute atomic E-state index is 0.236. The zero-order valence-corrected chi connectivity index (χ0v) is 19.6. The summed E-state index contributed by atoms with van der Waals surface area (Å²) in [4.78, 5) is 29.8. The van der Waals surface area contributed by atoms with Gasteiger partial charge in [0.1, 0.15) is 6.17 Å². The van der Waals surface area contributed by atoms with E-state index in [2.05, 4.69) is 15.4 Å². The minimum atomic E-state index is -0.682. The lowest BCUT2D eigenvalue weighted by atomic mass is 10.1. The highest BCUT2D eigenvalue weighted by Crippen LogP contribution is 2.30. The fourth-order valence-electron chi connectivity index (χ4n) is 3.52. The Kier molecular flexibility index (Phi) is 7.44. The number of carbonyl (C=O) groups is 2. The second-order valence-electron chi connectivity index (χ2n) is 7.43. The number of hydrogen-bond donors (Lipinski definition) is 1. The Morgan fingerprint density at radius 2 is 1.79 bits per heavy atom. The maximum absolute atomic E-state index is 12.9. The molecular formula is C25H24N4O4S. The van der Waals surface area contributed by atoms with Crippen molar-refractivity contribution in [3.8, 4) is 11.5 Å². The summed E-state index contributed by atoms with van der Waals surface area (Å²) in [5.41, 5.74) is 2.92. The lowest BCUT2D eigenvalue weighted by Crippen LogP contribution is -2.50. The van der Waals surface area contributed by atoms with Crippen molar-refractivity contribution in [2.45, 2.75) is 12.6 Å². The average molecular weight is 477 g/mol. The molecule has 0 bridgehead atoms. The monoisotopic (exact) mass is 476 g/mol. The van der Waals surface area contributed by atoms with Crippen molar-refractivity contribution in [2.75, 3.05) is 20.0 Å². The van der Waals surface area contributed by atoms with Crippen LogP contribution in [0.2, 0.25) is 0 Å². The molecule has 0 spiro atoms. The maximum Gasteiger partial charge on any atom is 0.304 e. The average Bonchev–Trinajstić information content (AvgIpc) is 2.89. The Morgan fingerprint density at radius 1 is 1.06 bits per heavy atom. The van der Waals surface area contributed by atoms with Gasteiger partial charge >= 0.3 is 5.24 Å². The van der Waals surface area contributed by atoms with Crippen LogP contribution in [0.3, 0.4) is 0 Å². The number of rotatable bonds is 8. The second kappa shape index (κ2) is 10.8. The number of amides is 2. The first kappa shape index (κ1) is 23.3. The molecule has 174 valence electrons. The molecule has 1 unspecified atom stereocenters. The van der Waals surface area contributed by atoms with Gasteiger partial charge in [0.2, 0.25) is 0 Å². The highest BCUT2D eigenvalue weighted by Gasteiger charge is 2.31. The van der Waals surface area contributed by atoms with Crippen LogP contribution >= 0.6 is 11.8 Å². The van der Waals surface area contributed by atoms with E-state index in [1.807, 2.05) is 42.5 Å². The molecule has 1 aliphatic rings. The summed E-state index contributed by atoms with van der Waals surface area (Å²) < 4.78 is 10.7. The van der Waals surface area contributed by atoms with Crippen LogP contribution in [0.1, 0.15) is 21.5 Å². The van der Waals surface area contributed by atoms with Crippen molar-refractivity contribution in [3.63, 3.8) is 0 Å². The number of pyridine rings is 1. The summed E-state index contributed by atoms with van der Waals surface area (Å²) in [6, 6.07) is 18.4. The van der Waals surface area contributed by atoms with Gasteiger partial charge in [-0.1, -0.05) is 42.1 Å². The normalized spacial score (nSPS) is 14.2. The van der Waals surface area contributed by atoms with Crippen LogP contribution < -0.4 is 14.8 Å². The van der Waals surface area contributed by atoms with Crippen molar-refractivity contribution in [1.29, 1.82) is 0 Å². The van der Waals surface area contributed by atoms with Crippen molar-refractivity contribution < 1.29 is 19.1 Å². The number of nitrogens with zero attached hydrogens (tertiary/aromatic N) is 3. The number of methoxy groups -OCH3 is 2. The number of carbonyl (C=O) groups excluding carboxylic acids is 2. The molecule has 1 aliphatic heterocycles. The zero-order chi connectivity index (χ0) is 23.9. The maximum atomic E-state index is 12.9. The lowest BCUT2D eigenvalue weighted by Gasteiger charge is -2.31. The van der Waals surface area contributed by atoms with Crippen LogP contribution in [0, 0.1) is 0 Å². The van der Waals surface area contributed by atoms with E-state index in [0.717, 1.165) is 22.9 Å². The Hall–Kier alpha value is -3.85. The van der Waals surface area contributed by atoms with Gasteiger partial charge in [-0.25, -0.2) is 5.01 Å². The van der Waals surface area contributed by atoms with Crippen LogP contribution in [0.5, 0.6) is 11.5 Å². The molecule has 9 heteroatoms.